The summed E-state index contributed by atoms with van der Waals surface area (Å²) in [5, 5.41) is 7.53. The third kappa shape index (κ3) is 5.71. The van der Waals surface area contributed by atoms with Crippen molar-refractivity contribution >= 4 is 28.5 Å². The number of thiazole rings is 1. The minimum absolute atomic E-state index is 0.112. The van der Waals surface area contributed by atoms with Gasteiger partial charge in [-0.15, -0.1) is 11.3 Å². The molecule has 2 aromatic rings. The summed E-state index contributed by atoms with van der Waals surface area (Å²) < 4.78 is 4.77. The van der Waals surface area contributed by atoms with Crippen LogP contribution in [0.15, 0.2) is 29.6 Å². The number of hydrogen-bond acceptors (Lipinski definition) is 5. The number of anilines is 1. The molecule has 0 aliphatic heterocycles. The van der Waals surface area contributed by atoms with E-state index in [1.54, 1.807) is 12.3 Å². The molecular weight excluding hydrogens is 314 g/mol. The fourth-order valence-corrected chi connectivity index (χ4v) is 2.53. The quantitative estimate of drug-likeness (QED) is 0.852. The Morgan fingerprint density at radius 1 is 1.26 bits per heavy atom. The molecule has 7 heteroatoms. The zero-order valence-electron chi connectivity index (χ0n) is 13.1. The van der Waals surface area contributed by atoms with Crippen molar-refractivity contribution in [3.63, 3.8) is 0 Å². The van der Waals surface area contributed by atoms with E-state index >= 15 is 0 Å². The van der Waals surface area contributed by atoms with Crippen LogP contribution in [0.4, 0.5) is 9.93 Å². The number of aromatic nitrogens is 1. The maximum atomic E-state index is 11.9. The lowest BCUT2D eigenvalue weighted by molar-refractivity contribution is -0.120. The van der Waals surface area contributed by atoms with Gasteiger partial charge in [0.05, 0.1) is 18.7 Å². The highest BCUT2D eigenvalue weighted by Crippen LogP contribution is 2.16. The summed E-state index contributed by atoms with van der Waals surface area (Å²) in [6, 6.07) is 7.99. The van der Waals surface area contributed by atoms with Crippen LogP contribution in [-0.2, 0) is 22.5 Å². The van der Waals surface area contributed by atoms with Crippen molar-refractivity contribution in [2.75, 3.05) is 11.9 Å². The molecule has 0 atom stereocenters. The summed E-state index contributed by atoms with van der Waals surface area (Å²) >= 11 is 1.26. The van der Waals surface area contributed by atoms with Crippen molar-refractivity contribution in [2.45, 2.75) is 26.8 Å². The van der Waals surface area contributed by atoms with Crippen molar-refractivity contribution in [1.29, 1.82) is 0 Å². The Morgan fingerprint density at radius 2 is 2.00 bits per heavy atom. The molecular formula is C16H19N3O3S. The van der Waals surface area contributed by atoms with E-state index in [0.717, 1.165) is 5.56 Å². The molecule has 2 rings (SSSR count). The van der Waals surface area contributed by atoms with Crippen LogP contribution in [-0.4, -0.2) is 23.6 Å². The molecule has 0 aliphatic carbocycles. The first-order valence-corrected chi connectivity index (χ1v) is 8.15. The molecule has 0 spiro atoms. The van der Waals surface area contributed by atoms with Crippen LogP contribution in [0.2, 0.25) is 0 Å². The Morgan fingerprint density at radius 3 is 2.70 bits per heavy atom. The molecule has 0 fully saturated rings. The summed E-state index contributed by atoms with van der Waals surface area (Å²) in [4.78, 5) is 27.4. The normalized spacial score (nSPS) is 10.2. The second-order valence-corrected chi connectivity index (χ2v) is 5.79. The van der Waals surface area contributed by atoms with Crippen LogP contribution in [0, 0.1) is 6.92 Å². The maximum Gasteiger partial charge on any atom is 0.413 e. The van der Waals surface area contributed by atoms with Gasteiger partial charge < -0.3 is 10.1 Å². The number of aryl methyl sites for hydroxylation is 1. The second kappa shape index (κ2) is 8.28. The minimum atomic E-state index is -0.544. The number of benzene rings is 1. The molecule has 2 N–H and O–H groups in total. The van der Waals surface area contributed by atoms with Crippen molar-refractivity contribution in [1.82, 2.24) is 10.3 Å². The summed E-state index contributed by atoms with van der Waals surface area (Å²) in [5.41, 5.74) is 2.85. The number of nitrogens with one attached hydrogen (secondary N) is 2. The van der Waals surface area contributed by atoms with E-state index in [1.807, 2.05) is 31.2 Å². The Kier molecular flexibility index (Phi) is 6.10. The Labute approximate surface area is 138 Å². The number of nitrogens with zero attached hydrogens (tertiary/aromatic N) is 1. The van der Waals surface area contributed by atoms with Gasteiger partial charge in [0, 0.05) is 11.9 Å². The molecule has 0 aliphatic rings. The van der Waals surface area contributed by atoms with Gasteiger partial charge in [-0.05, 0) is 19.4 Å². The molecule has 0 saturated carbocycles. The number of amides is 2. The van der Waals surface area contributed by atoms with Gasteiger partial charge in [0.15, 0.2) is 5.13 Å². The predicted molar refractivity (Wildman–Crippen MR) is 89.5 cm³/mol. The van der Waals surface area contributed by atoms with Crippen molar-refractivity contribution in [3.8, 4) is 0 Å². The van der Waals surface area contributed by atoms with E-state index in [9.17, 15) is 9.59 Å². The van der Waals surface area contributed by atoms with E-state index in [1.165, 1.54) is 16.9 Å². The lowest BCUT2D eigenvalue weighted by Gasteiger charge is -2.04. The van der Waals surface area contributed by atoms with E-state index in [0.29, 0.717) is 24.0 Å². The maximum absolute atomic E-state index is 11.9. The molecule has 0 radical (unpaired) electrons. The van der Waals surface area contributed by atoms with Gasteiger partial charge >= 0.3 is 6.09 Å². The van der Waals surface area contributed by atoms with Gasteiger partial charge in [-0.1, -0.05) is 29.8 Å². The van der Waals surface area contributed by atoms with Crippen molar-refractivity contribution < 1.29 is 14.3 Å². The third-order valence-electron chi connectivity index (χ3n) is 2.99. The molecule has 122 valence electrons. The van der Waals surface area contributed by atoms with Gasteiger partial charge in [-0.3, -0.25) is 10.1 Å². The van der Waals surface area contributed by atoms with E-state index in [4.69, 9.17) is 4.74 Å². The molecule has 2 amide bonds. The fraction of sp³-hybridized carbons (Fsp3) is 0.312. The Balaban J connectivity index is 1.80. The first kappa shape index (κ1) is 17.0. The van der Waals surface area contributed by atoms with Gasteiger partial charge in [0.2, 0.25) is 5.91 Å². The first-order chi connectivity index (χ1) is 11.1. The van der Waals surface area contributed by atoms with Crippen LogP contribution in [0.3, 0.4) is 0 Å². The average Bonchev–Trinajstić information content (AvgIpc) is 2.94. The van der Waals surface area contributed by atoms with Gasteiger partial charge in [0.1, 0.15) is 0 Å². The largest absolute Gasteiger partial charge is 0.450 e. The minimum Gasteiger partial charge on any atom is -0.450 e. The van der Waals surface area contributed by atoms with E-state index < -0.39 is 6.09 Å². The molecule has 0 bridgehead atoms. The van der Waals surface area contributed by atoms with Crippen LogP contribution in [0.1, 0.15) is 23.7 Å². The highest BCUT2D eigenvalue weighted by molar-refractivity contribution is 7.13. The van der Waals surface area contributed by atoms with E-state index in [-0.39, 0.29) is 12.3 Å². The van der Waals surface area contributed by atoms with E-state index in [2.05, 4.69) is 15.6 Å². The highest BCUT2D eigenvalue weighted by atomic mass is 32.1. The third-order valence-corrected chi connectivity index (χ3v) is 3.79. The fourth-order valence-electron chi connectivity index (χ4n) is 1.83. The zero-order valence-corrected chi connectivity index (χ0v) is 13.9. The topological polar surface area (TPSA) is 80.3 Å². The van der Waals surface area contributed by atoms with Crippen LogP contribution >= 0.6 is 11.3 Å². The molecule has 6 nitrogen and oxygen atoms in total. The number of carbonyl (C=O) groups excluding carboxylic acids is 2. The Bertz CT molecular complexity index is 667. The van der Waals surface area contributed by atoms with Crippen molar-refractivity contribution in [3.05, 3.63) is 46.5 Å². The second-order valence-electron chi connectivity index (χ2n) is 4.93. The number of rotatable bonds is 6. The SMILES string of the molecule is CCOC(=O)Nc1nc(CC(=O)NCc2ccc(C)cc2)cs1. The molecule has 1 aromatic carbocycles. The summed E-state index contributed by atoms with van der Waals surface area (Å²) in [5.74, 6) is -0.112. The van der Waals surface area contributed by atoms with Gasteiger partial charge in [0.25, 0.3) is 0 Å². The lowest BCUT2D eigenvalue weighted by Crippen LogP contribution is -2.24. The molecule has 1 heterocycles. The van der Waals surface area contributed by atoms with Crippen LogP contribution < -0.4 is 10.6 Å². The lowest BCUT2D eigenvalue weighted by atomic mass is 10.1. The summed E-state index contributed by atoms with van der Waals surface area (Å²) in [6.45, 7) is 4.53. The summed E-state index contributed by atoms with van der Waals surface area (Å²) in [6.07, 6.45) is -0.371. The zero-order chi connectivity index (χ0) is 16.7. The predicted octanol–water partition coefficient (Wildman–Crippen LogP) is 2.88. The monoisotopic (exact) mass is 333 g/mol. The Hall–Kier alpha value is -2.41. The molecule has 0 unspecified atom stereocenters. The standard InChI is InChI=1S/C16H19N3O3S/c1-3-22-16(21)19-15-18-13(10-23-15)8-14(20)17-9-12-6-4-11(2)5-7-12/h4-7,10H,3,8-9H2,1-2H3,(H,17,20)(H,18,19,21). The van der Waals surface area contributed by atoms with Crippen LogP contribution in [0.5, 0.6) is 0 Å². The van der Waals surface area contributed by atoms with Crippen LogP contribution in [0.25, 0.3) is 0 Å². The number of hydrogen-bond donors (Lipinski definition) is 2. The smallest absolute Gasteiger partial charge is 0.413 e. The van der Waals surface area contributed by atoms with Gasteiger partial charge in [-0.25, -0.2) is 9.78 Å². The molecule has 0 saturated heterocycles. The molecule has 1 aromatic heterocycles. The van der Waals surface area contributed by atoms with Gasteiger partial charge in [-0.2, -0.15) is 0 Å². The number of carbonyl (C=O) groups is 2. The first-order valence-electron chi connectivity index (χ1n) is 7.27. The number of ether oxygens (including phenoxy) is 1. The highest BCUT2D eigenvalue weighted by Gasteiger charge is 2.10. The molecule has 23 heavy (non-hydrogen) atoms. The van der Waals surface area contributed by atoms with Crippen molar-refractivity contribution in [2.24, 2.45) is 0 Å². The average molecular weight is 333 g/mol. The summed E-state index contributed by atoms with van der Waals surface area (Å²) in [7, 11) is 0.